The van der Waals surface area contributed by atoms with Crippen LogP contribution in [0.5, 0.6) is 0 Å². The molecule has 11 N–H and O–H groups in total. The van der Waals surface area contributed by atoms with Crippen LogP contribution in [0.15, 0.2) is 0 Å². The lowest BCUT2D eigenvalue weighted by atomic mass is 9.84. The van der Waals surface area contributed by atoms with E-state index >= 15 is 0 Å². The van der Waals surface area contributed by atoms with Gasteiger partial charge in [0.15, 0.2) is 18.7 Å². The Kier molecular flexibility index (Phi) is 51.9. The Morgan fingerprint density at radius 2 is 0.700 bits per heavy atom. The third-order valence-corrected chi connectivity index (χ3v) is 21.0. The number of phosphoric acid groups is 1. The van der Waals surface area contributed by atoms with E-state index in [0.29, 0.717) is 25.2 Å². The van der Waals surface area contributed by atoms with Crippen LogP contribution in [0, 0.1) is 5.92 Å². The summed E-state index contributed by atoms with van der Waals surface area (Å²) in [5, 5.41) is 110. The van der Waals surface area contributed by atoms with Crippen molar-refractivity contribution in [2.45, 2.75) is 427 Å². The molecule has 0 bridgehead atoms. The monoisotopic (exact) mass is 1460 g/mol. The lowest BCUT2D eigenvalue weighted by molar-refractivity contribution is -0.360. The summed E-state index contributed by atoms with van der Waals surface area (Å²) in [6.45, 7) is 5.81. The van der Waals surface area contributed by atoms with Gasteiger partial charge in [-0.3, -0.25) is 23.4 Å². The largest absolute Gasteiger partial charge is 0.472 e. The topological polar surface area (TPSA) is 374 Å². The molecular formula is C75H141O24P. The summed E-state index contributed by atoms with van der Waals surface area (Å²) in [6, 6.07) is 0. The summed E-state index contributed by atoms with van der Waals surface area (Å²) < 4.78 is 65.2. The Labute approximate surface area is 600 Å². The second-order valence-corrected chi connectivity index (χ2v) is 30.5. The average molecular weight is 1460 g/mol. The first-order chi connectivity index (χ1) is 48.2. The van der Waals surface area contributed by atoms with E-state index < -0.39 is 156 Å². The van der Waals surface area contributed by atoms with Gasteiger partial charge in [0.05, 0.1) is 13.2 Å². The molecule has 25 heteroatoms. The van der Waals surface area contributed by atoms with E-state index in [1.54, 1.807) is 0 Å². The third kappa shape index (κ3) is 39.0. The molecule has 590 valence electrons. The number of aliphatic hydroxyl groups excluding tert-OH is 10. The molecular weight excluding hydrogens is 1320 g/mol. The molecule has 0 radical (unpaired) electrons. The van der Waals surface area contributed by atoms with E-state index in [0.717, 1.165) is 89.9 Å². The second-order valence-electron chi connectivity index (χ2n) is 29.1. The molecule has 1 aliphatic carbocycles. The van der Waals surface area contributed by atoms with Crippen LogP contribution >= 0.6 is 7.82 Å². The number of hydrogen-bond acceptors (Lipinski definition) is 23. The van der Waals surface area contributed by atoms with Gasteiger partial charge in [0.1, 0.15) is 98.7 Å². The molecule has 0 amide bonds. The van der Waals surface area contributed by atoms with Crippen molar-refractivity contribution in [1.82, 2.24) is 0 Å². The third-order valence-electron chi connectivity index (χ3n) is 20.0. The van der Waals surface area contributed by atoms with Crippen LogP contribution in [-0.4, -0.2) is 204 Å². The van der Waals surface area contributed by atoms with Crippen molar-refractivity contribution in [2.75, 3.05) is 26.4 Å². The fourth-order valence-electron chi connectivity index (χ4n) is 13.5. The van der Waals surface area contributed by atoms with Gasteiger partial charge in [0, 0.05) is 19.3 Å². The zero-order valence-corrected chi connectivity index (χ0v) is 62.8. The fourth-order valence-corrected chi connectivity index (χ4v) is 14.4. The van der Waals surface area contributed by atoms with E-state index in [1.807, 2.05) is 0 Å². The summed E-state index contributed by atoms with van der Waals surface area (Å²) in [7, 11) is -5.70. The molecule has 2 saturated heterocycles. The highest BCUT2D eigenvalue weighted by Gasteiger charge is 2.58. The normalized spacial score (nSPS) is 27.6. The van der Waals surface area contributed by atoms with Crippen molar-refractivity contribution < 1.29 is 117 Å². The first-order valence-electron chi connectivity index (χ1n) is 39.7. The Balaban J connectivity index is 1.72. The maximum atomic E-state index is 14.4. The Morgan fingerprint density at radius 3 is 1.08 bits per heavy atom. The maximum absolute atomic E-state index is 14.4. The number of carbonyl (C=O) groups excluding carboxylic acids is 3. The maximum Gasteiger partial charge on any atom is 0.472 e. The highest BCUT2D eigenvalue weighted by atomic mass is 31.2. The molecule has 3 rings (SSSR count). The number of esters is 3. The van der Waals surface area contributed by atoms with Crippen LogP contribution in [0.25, 0.3) is 0 Å². The molecule has 24 nitrogen and oxygen atoms in total. The van der Waals surface area contributed by atoms with E-state index in [-0.39, 0.29) is 19.3 Å². The average Bonchev–Trinajstić information content (AvgIpc) is 0.757. The molecule has 0 aromatic rings. The predicted molar refractivity (Wildman–Crippen MR) is 379 cm³/mol. The van der Waals surface area contributed by atoms with Gasteiger partial charge in [0.25, 0.3) is 0 Å². The molecule has 3 aliphatic rings. The van der Waals surface area contributed by atoms with Crippen LogP contribution < -0.4 is 0 Å². The minimum absolute atomic E-state index is 0.0335. The van der Waals surface area contributed by atoms with Gasteiger partial charge in [-0.15, -0.1) is 0 Å². The van der Waals surface area contributed by atoms with Crippen molar-refractivity contribution in [1.29, 1.82) is 0 Å². The SMILES string of the molecule is CCCCCCCCCCCCCCCCCC(=O)OCC1OC(OC2C(O)C(O)C(O)C(OC3OC(CO)C(O)C(O)C3O)C2OP(=O)(O)OCC(COC(=O)CCCCCCCCCCCCCCCC)OC(=O)CCCCCCCCC(C)CCCCCCCC)C(O)C(O)C1O. The van der Waals surface area contributed by atoms with Gasteiger partial charge in [-0.2, -0.15) is 0 Å². The van der Waals surface area contributed by atoms with E-state index in [4.69, 9.17) is 42.2 Å². The molecule has 0 aromatic carbocycles. The van der Waals surface area contributed by atoms with Crippen molar-refractivity contribution in [3.63, 3.8) is 0 Å². The van der Waals surface area contributed by atoms with Crippen LogP contribution in [0.3, 0.4) is 0 Å². The smallest absolute Gasteiger partial charge is 0.463 e. The molecule has 2 heterocycles. The second kappa shape index (κ2) is 56.3. The zero-order valence-electron chi connectivity index (χ0n) is 61.9. The molecule has 19 atom stereocenters. The van der Waals surface area contributed by atoms with Gasteiger partial charge < -0.3 is 89.1 Å². The van der Waals surface area contributed by atoms with Gasteiger partial charge in [0.2, 0.25) is 0 Å². The lowest BCUT2D eigenvalue weighted by Gasteiger charge is -2.49. The molecule has 19 unspecified atom stereocenters. The minimum atomic E-state index is -5.70. The number of carbonyl (C=O) groups is 3. The molecule has 1 saturated carbocycles. The zero-order chi connectivity index (χ0) is 73.3. The van der Waals surface area contributed by atoms with E-state index in [2.05, 4.69) is 27.7 Å². The summed E-state index contributed by atoms with van der Waals surface area (Å²) in [5.41, 5.74) is 0. The molecule has 3 fully saturated rings. The van der Waals surface area contributed by atoms with Crippen molar-refractivity contribution in [3.8, 4) is 0 Å². The summed E-state index contributed by atoms with van der Waals surface area (Å²) >= 11 is 0. The number of rotatable bonds is 62. The van der Waals surface area contributed by atoms with Crippen molar-refractivity contribution in [2.24, 2.45) is 5.92 Å². The van der Waals surface area contributed by atoms with Crippen LogP contribution in [0.2, 0.25) is 0 Å². The number of unbranched alkanes of at least 4 members (excludes halogenated alkanes) is 37. The van der Waals surface area contributed by atoms with E-state index in [1.165, 1.54) is 167 Å². The van der Waals surface area contributed by atoms with E-state index in [9.17, 15) is 74.9 Å². The van der Waals surface area contributed by atoms with Gasteiger partial charge in [-0.25, -0.2) is 4.57 Å². The molecule has 0 aromatic heterocycles. The van der Waals surface area contributed by atoms with Gasteiger partial charge >= 0.3 is 25.7 Å². The lowest BCUT2D eigenvalue weighted by Crippen LogP contribution is -2.69. The highest BCUT2D eigenvalue weighted by Crippen LogP contribution is 2.49. The standard InChI is InChI=1S/C75H141O24P/c1-5-8-11-14-17-19-21-23-25-27-29-31-33-39-44-49-60(78)92-54-58-63(81)65(83)70(88)75(96-58)98-72-68(86)66(84)67(85)71(97-74-69(87)64(82)62(80)57(51-76)95-74)73(72)99-100(89,90)93-53-56(52-91-59(77)48-43-38-32-30-28-26-24-22-20-18-15-12-9-6-2)94-61(79)50-45-40-35-34-37-42-47-55(4)46-41-36-16-13-10-7-3/h55-58,62-76,80-88H,5-54H2,1-4H3,(H,89,90). The Bertz CT molecular complexity index is 2080. The molecule has 2 aliphatic heterocycles. The van der Waals surface area contributed by atoms with Gasteiger partial charge in [-0.1, -0.05) is 285 Å². The quantitative estimate of drug-likeness (QED) is 0.0117. The van der Waals surface area contributed by atoms with Crippen LogP contribution in [0.4, 0.5) is 0 Å². The first-order valence-corrected chi connectivity index (χ1v) is 41.2. The summed E-state index contributed by atoms with van der Waals surface area (Å²) in [4.78, 5) is 51.1. The predicted octanol–water partition coefficient (Wildman–Crippen LogP) is 11.6. The number of ether oxygens (including phenoxy) is 7. The van der Waals surface area contributed by atoms with Crippen LogP contribution in [0.1, 0.15) is 323 Å². The summed E-state index contributed by atoms with van der Waals surface area (Å²) in [6.07, 6.45) is 13.0. The Morgan fingerprint density at radius 1 is 0.380 bits per heavy atom. The summed E-state index contributed by atoms with van der Waals surface area (Å²) in [5.74, 6) is -1.29. The first kappa shape index (κ1) is 92.2. The van der Waals surface area contributed by atoms with Crippen molar-refractivity contribution in [3.05, 3.63) is 0 Å². The van der Waals surface area contributed by atoms with Crippen molar-refractivity contribution >= 4 is 25.7 Å². The fraction of sp³-hybridized carbons (Fsp3) is 0.960. The Hall–Kier alpha value is -2.04. The number of aliphatic hydroxyl groups is 10. The number of hydrogen-bond donors (Lipinski definition) is 11. The minimum Gasteiger partial charge on any atom is -0.463 e. The molecule has 0 spiro atoms. The van der Waals surface area contributed by atoms with Gasteiger partial charge in [-0.05, 0) is 25.2 Å². The number of phosphoric ester groups is 1. The molecule has 100 heavy (non-hydrogen) atoms. The van der Waals surface area contributed by atoms with Crippen LogP contribution in [-0.2, 0) is 61.2 Å². The highest BCUT2D eigenvalue weighted by molar-refractivity contribution is 7.47.